The quantitative estimate of drug-likeness (QED) is 0.121. The second kappa shape index (κ2) is 11.5. The molecule has 0 spiro atoms. The molecule has 4 aromatic rings. The van der Waals surface area contributed by atoms with Crippen molar-refractivity contribution in [3.8, 4) is 16.9 Å². The Balaban J connectivity index is 2.33. The third-order valence-corrected chi connectivity index (χ3v) is 13.5. The fraction of sp³-hybridized carbons (Fsp3) is 0.314. The summed E-state index contributed by atoms with van der Waals surface area (Å²) in [4.78, 5) is 0. The zero-order chi connectivity index (χ0) is 33.1. The summed E-state index contributed by atoms with van der Waals surface area (Å²) < 4.78 is 87.1. The molecule has 0 saturated carbocycles. The van der Waals surface area contributed by atoms with Crippen LogP contribution in [-0.2, 0) is 14.7 Å². The van der Waals surface area contributed by atoms with Crippen molar-refractivity contribution in [3.05, 3.63) is 104 Å². The van der Waals surface area contributed by atoms with Gasteiger partial charge in [-0.3, -0.25) is 0 Å². The maximum atomic E-state index is 16.4. The molecule has 0 bridgehead atoms. The Kier molecular flexibility index (Phi) is 8.79. The van der Waals surface area contributed by atoms with Crippen LogP contribution in [0.1, 0.15) is 55.6 Å². The van der Waals surface area contributed by atoms with E-state index in [1.807, 2.05) is 97.9 Å². The van der Waals surface area contributed by atoms with Gasteiger partial charge in [-0.25, -0.2) is 0 Å². The van der Waals surface area contributed by atoms with Crippen LogP contribution in [0.5, 0.6) is 5.75 Å². The Morgan fingerprint density at radius 3 is 1.39 bits per heavy atom. The molecule has 4 rings (SSSR count). The minimum atomic E-state index is -6.01. The first kappa shape index (κ1) is 33.5. The number of benzene rings is 4. The summed E-state index contributed by atoms with van der Waals surface area (Å²) in [6, 6.07) is 14.6. The van der Waals surface area contributed by atoms with Crippen LogP contribution in [0.3, 0.4) is 0 Å². The van der Waals surface area contributed by atoms with Gasteiger partial charge in [0.15, 0.2) is 12.9 Å². The van der Waals surface area contributed by atoms with Gasteiger partial charge >= 0.3 is 15.6 Å². The van der Waals surface area contributed by atoms with E-state index in [2.05, 4.69) is 0 Å². The summed E-state index contributed by atoms with van der Waals surface area (Å²) in [6.45, 7) is 18.5. The van der Waals surface area contributed by atoms with Crippen LogP contribution in [0.15, 0.2) is 48.5 Å². The van der Waals surface area contributed by atoms with Crippen LogP contribution in [-0.4, -0.2) is 13.9 Å². The van der Waals surface area contributed by atoms with Crippen LogP contribution in [0, 0.1) is 69.2 Å². The lowest BCUT2D eigenvalue weighted by molar-refractivity contribution is -0.0499. The largest absolute Gasteiger partial charge is 0.534 e. The molecule has 0 aliphatic carbocycles. The van der Waals surface area contributed by atoms with Gasteiger partial charge in [0.1, 0.15) is 0 Å². The third-order valence-electron chi connectivity index (χ3n) is 8.84. The average molecular weight is 643 g/mol. The Morgan fingerprint density at radius 2 is 0.977 bits per heavy atom. The number of hydrogen-bond donors (Lipinski definition) is 0. The predicted molar refractivity (Wildman–Crippen MR) is 174 cm³/mol. The molecule has 0 heterocycles. The molecule has 0 fully saturated rings. The molecule has 0 amide bonds. The van der Waals surface area contributed by atoms with Gasteiger partial charge in [-0.15, -0.1) is 0 Å². The molecule has 9 heteroatoms. The van der Waals surface area contributed by atoms with Crippen molar-refractivity contribution in [1.29, 1.82) is 0 Å². The van der Waals surface area contributed by atoms with Crippen molar-refractivity contribution in [2.75, 3.05) is 0 Å². The highest BCUT2D eigenvalue weighted by Crippen LogP contribution is 2.52. The van der Waals surface area contributed by atoms with E-state index in [1.54, 1.807) is 13.8 Å². The summed E-state index contributed by atoms with van der Waals surface area (Å²) in [5.74, 6) is -0.454. The number of alkyl halides is 3. The van der Waals surface area contributed by atoms with Crippen LogP contribution >= 0.6 is 7.14 Å². The second-order valence-electron chi connectivity index (χ2n) is 11.7. The molecule has 4 aromatic carbocycles. The van der Waals surface area contributed by atoms with Gasteiger partial charge in [-0.2, -0.15) is 21.6 Å². The van der Waals surface area contributed by atoms with E-state index in [0.29, 0.717) is 38.2 Å². The van der Waals surface area contributed by atoms with Crippen LogP contribution in [0.4, 0.5) is 13.2 Å². The molecular weight excluding hydrogens is 604 g/mol. The minimum Gasteiger partial charge on any atom is -0.375 e. The van der Waals surface area contributed by atoms with Crippen molar-refractivity contribution in [2.45, 2.75) is 74.7 Å². The molecule has 0 aromatic heterocycles. The topological polar surface area (TPSA) is 60.4 Å². The first-order chi connectivity index (χ1) is 20.3. The van der Waals surface area contributed by atoms with Gasteiger partial charge < -0.3 is 8.75 Å². The minimum absolute atomic E-state index is 0.175. The lowest BCUT2D eigenvalue weighted by atomic mass is 9.88. The maximum absolute atomic E-state index is 16.4. The molecule has 234 valence electrons. The molecule has 0 atom stereocenters. The van der Waals surface area contributed by atoms with Gasteiger partial charge in [0.05, 0.1) is 0 Å². The van der Waals surface area contributed by atoms with E-state index in [1.165, 1.54) is 6.07 Å². The molecule has 0 radical (unpaired) electrons. The van der Waals surface area contributed by atoms with Crippen LogP contribution < -0.4 is 20.1 Å². The summed E-state index contributed by atoms with van der Waals surface area (Å²) in [5, 5.41) is 1.72. The monoisotopic (exact) mass is 642 g/mol. The van der Waals surface area contributed by atoms with Crippen molar-refractivity contribution >= 4 is 33.2 Å². The Bertz CT molecular complexity index is 1880. The predicted octanol–water partition coefficient (Wildman–Crippen LogP) is 8.31. The summed E-state index contributed by atoms with van der Waals surface area (Å²) in [5.41, 5.74) is 2.44. The average Bonchev–Trinajstić information content (AvgIpc) is 2.90. The number of aryl methyl sites for hydroxylation is 6. The van der Waals surface area contributed by atoms with Crippen molar-refractivity contribution in [2.24, 2.45) is 0 Å². The SMILES string of the molecule is Cc1cc(OS(=O)(=O)C(F)(F)F)c(-c2c(P(=O)(c3c(C)cccc3C)c3c(C)cccc3C)cc(C)c(C)c2C)c(C)c1C. The van der Waals surface area contributed by atoms with Crippen molar-refractivity contribution in [1.82, 2.24) is 0 Å². The fourth-order valence-corrected chi connectivity index (χ4v) is 10.6. The molecule has 0 saturated heterocycles. The van der Waals surface area contributed by atoms with Gasteiger partial charge in [0.25, 0.3) is 0 Å². The number of rotatable bonds is 6. The Labute approximate surface area is 258 Å². The standard InChI is InChI=1S/C35H38F3O4PS/c1-19-13-11-14-20(2)33(19)43(39,34-21(3)15-12-16-22(34)4)30-18-24(6)26(8)28(10)32(30)31-27(9)25(7)23(5)17-29(31)42-44(40,41)35(36,37)38/h11-18H,1-10H3. The zero-order valence-electron chi connectivity index (χ0n) is 26.7. The van der Waals surface area contributed by atoms with E-state index >= 15 is 4.57 Å². The lowest BCUT2D eigenvalue weighted by Gasteiger charge is -2.31. The third kappa shape index (κ3) is 5.41. The molecule has 4 nitrogen and oxygen atoms in total. The van der Waals surface area contributed by atoms with Gasteiger partial charge in [0, 0.05) is 27.0 Å². The van der Waals surface area contributed by atoms with Gasteiger partial charge in [-0.1, -0.05) is 36.4 Å². The summed E-state index contributed by atoms with van der Waals surface area (Å²) >= 11 is 0. The van der Waals surface area contributed by atoms with Gasteiger partial charge in [-0.05, 0) is 137 Å². The van der Waals surface area contributed by atoms with Gasteiger partial charge in [0.2, 0.25) is 0 Å². The van der Waals surface area contributed by atoms with E-state index in [0.717, 1.165) is 38.9 Å². The smallest absolute Gasteiger partial charge is 0.375 e. The number of halogens is 3. The second-order valence-corrected chi connectivity index (χ2v) is 15.9. The van der Waals surface area contributed by atoms with Crippen LogP contribution in [0.25, 0.3) is 11.1 Å². The van der Waals surface area contributed by atoms with Crippen molar-refractivity contribution in [3.63, 3.8) is 0 Å². The number of hydrogen-bond acceptors (Lipinski definition) is 4. The summed E-state index contributed by atoms with van der Waals surface area (Å²) in [6.07, 6.45) is 0. The molecule has 0 aliphatic rings. The highest BCUT2D eigenvalue weighted by Gasteiger charge is 2.49. The normalized spacial score (nSPS) is 12.5. The maximum Gasteiger partial charge on any atom is 0.534 e. The Morgan fingerprint density at radius 1 is 0.591 bits per heavy atom. The van der Waals surface area contributed by atoms with E-state index < -0.39 is 28.5 Å². The van der Waals surface area contributed by atoms with E-state index in [-0.39, 0.29) is 5.56 Å². The molecular formula is C35H38F3O4PS. The van der Waals surface area contributed by atoms with Crippen molar-refractivity contribution < 1.29 is 30.3 Å². The van der Waals surface area contributed by atoms with Crippen LogP contribution in [0.2, 0.25) is 0 Å². The summed E-state index contributed by atoms with van der Waals surface area (Å²) in [7, 11) is -9.79. The molecule has 0 unspecified atom stereocenters. The first-order valence-electron chi connectivity index (χ1n) is 14.2. The van der Waals surface area contributed by atoms with E-state index in [4.69, 9.17) is 4.18 Å². The molecule has 0 N–H and O–H groups in total. The first-order valence-corrected chi connectivity index (χ1v) is 17.3. The zero-order valence-corrected chi connectivity index (χ0v) is 28.5. The fourth-order valence-electron chi connectivity index (χ4n) is 6.17. The Hall–Kier alpha value is -3.35. The highest BCUT2D eigenvalue weighted by molar-refractivity contribution is 7.88. The lowest BCUT2D eigenvalue weighted by Crippen LogP contribution is -2.33. The van der Waals surface area contributed by atoms with E-state index in [9.17, 15) is 21.6 Å². The molecule has 0 aliphatic heterocycles. The molecule has 44 heavy (non-hydrogen) atoms. The highest BCUT2D eigenvalue weighted by atomic mass is 32.2.